The zero-order valence-corrected chi connectivity index (χ0v) is 14.4. The van der Waals surface area contributed by atoms with Crippen LogP contribution in [0.5, 0.6) is 0 Å². The summed E-state index contributed by atoms with van der Waals surface area (Å²) >= 11 is 1.73. The van der Waals surface area contributed by atoms with E-state index < -0.39 is 0 Å². The molecule has 1 N–H and O–H groups in total. The van der Waals surface area contributed by atoms with Crippen molar-refractivity contribution >= 4 is 11.3 Å². The van der Waals surface area contributed by atoms with E-state index in [2.05, 4.69) is 52.2 Å². The number of rotatable bonds is 5. The van der Waals surface area contributed by atoms with Crippen molar-refractivity contribution in [2.45, 2.75) is 71.6 Å². The van der Waals surface area contributed by atoms with Gasteiger partial charge in [-0.2, -0.15) is 0 Å². The number of hydrogen-bond donors (Lipinski definition) is 1. The molecule has 1 aromatic rings. The second kappa shape index (κ2) is 5.74. The summed E-state index contributed by atoms with van der Waals surface area (Å²) in [5.74, 6) is 0.450. The van der Waals surface area contributed by atoms with E-state index in [4.69, 9.17) is 9.72 Å². The quantitative estimate of drug-likeness (QED) is 0.889. The largest absolute Gasteiger partial charge is 0.369 e. The molecule has 2 atom stereocenters. The van der Waals surface area contributed by atoms with E-state index in [-0.39, 0.29) is 17.2 Å². The summed E-state index contributed by atoms with van der Waals surface area (Å²) in [5.41, 5.74) is 1.01. The van der Waals surface area contributed by atoms with Gasteiger partial charge in [0.05, 0.1) is 27.9 Å². The van der Waals surface area contributed by atoms with Crippen molar-refractivity contribution in [3.8, 4) is 0 Å². The Morgan fingerprint density at radius 2 is 2.15 bits per heavy atom. The van der Waals surface area contributed by atoms with Crippen molar-refractivity contribution in [2.75, 3.05) is 6.54 Å². The number of thiazole rings is 1. The maximum absolute atomic E-state index is 6.27. The van der Waals surface area contributed by atoms with Crippen molar-refractivity contribution in [2.24, 2.45) is 5.92 Å². The number of nitrogens with one attached hydrogen (secondary N) is 1. The van der Waals surface area contributed by atoms with Gasteiger partial charge in [-0.1, -0.05) is 6.92 Å². The first kappa shape index (κ1) is 15.9. The molecule has 4 heteroatoms. The summed E-state index contributed by atoms with van der Waals surface area (Å²) in [6, 6.07) is 0.289. The summed E-state index contributed by atoms with van der Waals surface area (Å²) < 4.78 is 6.27. The van der Waals surface area contributed by atoms with Crippen LogP contribution in [-0.4, -0.2) is 22.7 Å². The fourth-order valence-corrected chi connectivity index (χ4v) is 4.05. The molecule has 1 aliphatic heterocycles. The normalized spacial score (nSPS) is 25.8. The van der Waals surface area contributed by atoms with E-state index in [0.717, 1.165) is 24.4 Å². The number of nitrogens with zero attached hydrogens (tertiary/aromatic N) is 1. The highest BCUT2D eigenvalue weighted by Crippen LogP contribution is 2.47. The van der Waals surface area contributed by atoms with Crippen LogP contribution in [0.2, 0.25) is 0 Å². The summed E-state index contributed by atoms with van der Waals surface area (Å²) in [6.07, 6.45) is 2.20. The molecular weight excluding hydrogens is 268 g/mol. The van der Waals surface area contributed by atoms with Gasteiger partial charge < -0.3 is 10.1 Å². The summed E-state index contributed by atoms with van der Waals surface area (Å²) in [5, 5.41) is 7.04. The second-order valence-electron chi connectivity index (χ2n) is 7.00. The van der Waals surface area contributed by atoms with Crippen molar-refractivity contribution in [3.63, 3.8) is 0 Å². The first-order valence-corrected chi connectivity index (χ1v) is 8.49. The van der Waals surface area contributed by atoms with E-state index in [1.165, 1.54) is 5.69 Å². The van der Waals surface area contributed by atoms with Gasteiger partial charge >= 0.3 is 0 Å². The minimum Gasteiger partial charge on any atom is -0.369 e. The summed E-state index contributed by atoms with van der Waals surface area (Å²) in [7, 11) is 0. The van der Waals surface area contributed by atoms with Crippen LogP contribution in [0.25, 0.3) is 0 Å². The Bertz CT molecular complexity index is 453. The minimum atomic E-state index is -0.119. The standard InChI is InChI=1S/C16H28N2OS/c1-7-8-17-14(13-10-20-11(2)18-13)12-9-15(3,4)19-16(12,5)6/h10,12,14,17H,7-9H2,1-6H3. The lowest BCUT2D eigenvalue weighted by atomic mass is 9.80. The molecule has 0 spiro atoms. The van der Waals surface area contributed by atoms with Gasteiger partial charge in [-0.3, -0.25) is 0 Å². The highest BCUT2D eigenvalue weighted by Gasteiger charge is 2.49. The molecule has 114 valence electrons. The molecule has 2 unspecified atom stereocenters. The minimum absolute atomic E-state index is 0.0502. The van der Waals surface area contributed by atoms with E-state index >= 15 is 0 Å². The Morgan fingerprint density at radius 3 is 2.60 bits per heavy atom. The topological polar surface area (TPSA) is 34.2 Å². The summed E-state index contributed by atoms with van der Waals surface area (Å²) in [4.78, 5) is 4.72. The van der Waals surface area contributed by atoms with Crippen LogP contribution in [0.1, 0.15) is 64.2 Å². The predicted octanol–water partition coefficient (Wildman–Crippen LogP) is 4.09. The molecule has 0 amide bonds. The van der Waals surface area contributed by atoms with E-state index in [9.17, 15) is 0 Å². The average molecular weight is 296 g/mol. The van der Waals surface area contributed by atoms with Gasteiger partial charge in [-0.25, -0.2) is 4.98 Å². The van der Waals surface area contributed by atoms with Crippen molar-refractivity contribution in [1.29, 1.82) is 0 Å². The van der Waals surface area contributed by atoms with Gasteiger partial charge in [0.15, 0.2) is 0 Å². The van der Waals surface area contributed by atoms with Crippen molar-refractivity contribution in [1.82, 2.24) is 10.3 Å². The maximum Gasteiger partial charge on any atom is 0.0898 e. The third kappa shape index (κ3) is 3.41. The molecule has 0 aliphatic carbocycles. The fourth-order valence-electron chi connectivity index (χ4n) is 3.40. The fraction of sp³-hybridized carbons (Fsp3) is 0.812. The Morgan fingerprint density at radius 1 is 1.45 bits per heavy atom. The maximum atomic E-state index is 6.27. The van der Waals surface area contributed by atoms with Gasteiger partial charge in [-0.05, 0) is 54.0 Å². The molecule has 1 fully saturated rings. The third-order valence-corrected chi connectivity index (χ3v) is 4.91. The van der Waals surface area contributed by atoms with Crippen molar-refractivity contribution < 1.29 is 4.74 Å². The molecule has 1 saturated heterocycles. The van der Waals surface area contributed by atoms with Crippen LogP contribution in [0.4, 0.5) is 0 Å². The van der Waals surface area contributed by atoms with Crippen LogP contribution >= 0.6 is 11.3 Å². The first-order chi connectivity index (χ1) is 9.25. The smallest absolute Gasteiger partial charge is 0.0898 e. The second-order valence-corrected chi connectivity index (χ2v) is 8.06. The molecule has 3 nitrogen and oxygen atoms in total. The monoisotopic (exact) mass is 296 g/mol. The van der Waals surface area contributed by atoms with Crippen LogP contribution < -0.4 is 5.32 Å². The number of aryl methyl sites for hydroxylation is 1. The Hall–Kier alpha value is -0.450. The van der Waals surface area contributed by atoms with Crippen LogP contribution in [0.15, 0.2) is 5.38 Å². The SMILES string of the molecule is CCCNC(c1csc(C)n1)C1CC(C)(C)OC1(C)C. The molecule has 0 saturated carbocycles. The lowest BCUT2D eigenvalue weighted by Gasteiger charge is -2.32. The zero-order chi connectivity index (χ0) is 15.0. The molecule has 2 heterocycles. The lowest BCUT2D eigenvalue weighted by Crippen LogP contribution is -2.39. The van der Waals surface area contributed by atoms with Gasteiger partial charge in [0, 0.05) is 11.3 Å². The lowest BCUT2D eigenvalue weighted by molar-refractivity contribution is -0.0779. The molecule has 0 radical (unpaired) electrons. The van der Waals surface area contributed by atoms with Gasteiger partial charge in [-0.15, -0.1) is 11.3 Å². The van der Waals surface area contributed by atoms with Gasteiger partial charge in [0.25, 0.3) is 0 Å². The zero-order valence-electron chi connectivity index (χ0n) is 13.6. The van der Waals surface area contributed by atoms with Crippen molar-refractivity contribution in [3.05, 3.63) is 16.1 Å². The van der Waals surface area contributed by atoms with E-state index in [0.29, 0.717) is 5.92 Å². The van der Waals surface area contributed by atoms with Gasteiger partial charge in [0.2, 0.25) is 0 Å². The Labute approximate surface area is 127 Å². The molecule has 0 aromatic carbocycles. The van der Waals surface area contributed by atoms with Gasteiger partial charge in [0.1, 0.15) is 0 Å². The highest BCUT2D eigenvalue weighted by atomic mass is 32.1. The van der Waals surface area contributed by atoms with E-state index in [1.807, 2.05) is 0 Å². The molecule has 1 aliphatic rings. The molecule has 2 rings (SSSR count). The third-order valence-electron chi connectivity index (χ3n) is 4.12. The number of ether oxygens (including phenoxy) is 1. The molecule has 20 heavy (non-hydrogen) atoms. The molecule has 0 bridgehead atoms. The van der Waals surface area contributed by atoms with Crippen LogP contribution in [0.3, 0.4) is 0 Å². The van der Waals surface area contributed by atoms with E-state index in [1.54, 1.807) is 11.3 Å². The highest BCUT2D eigenvalue weighted by molar-refractivity contribution is 7.09. The number of hydrogen-bond acceptors (Lipinski definition) is 4. The van der Waals surface area contributed by atoms with Crippen LogP contribution in [-0.2, 0) is 4.74 Å². The van der Waals surface area contributed by atoms with Crippen LogP contribution in [0, 0.1) is 12.8 Å². The molecular formula is C16H28N2OS. The predicted molar refractivity (Wildman–Crippen MR) is 85.2 cm³/mol. The molecule has 1 aromatic heterocycles. The summed E-state index contributed by atoms with van der Waals surface area (Å²) in [6.45, 7) is 14.1. The average Bonchev–Trinajstić information content (AvgIpc) is 2.81. The Balaban J connectivity index is 2.27. The number of aromatic nitrogens is 1. The first-order valence-electron chi connectivity index (χ1n) is 7.61. The Kier molecular flexibility index (Phi) is 4.57.